The topological polar surface area (TPSA) is 122 Å². The molecule has 1 atom stereocenters. The van der Waals surface area contributed by atoms with E-state index in [0.717, 1.165) is 22.2 Å². The third kappa shape index (κ3) is 5.11. The number of carbonyl (C=O) groups is 3. The van der Waals surface area contributed by atoms with E-state index in [1.165, 1.54) is 24.3 Å². The predicted molar refractivity (Wildman–Crippen MR) is 110 cm³/mol. The van der Waals surface area contributed by atoms with Crippen molar-refractivity contribution in [3.8, 4) is 0 Å². The Morgan fingerprint density at radius 1 is 1.10 bits per heavy atom. The molecule has 2 aromatic carbocycles. The van der Waals surface area contributed by atoms with Crippen LogP contribution in [0.4, 0.5) is 21.9 Å². The molecule has 0 aromatic heterocycles. The van der Waals surface area contributed by atoms with Crippen LogP contribution in [0.25, 0.3) is 0 Å². The molecule has 9 nitrogen and oxygen atoms in total. The van der Waals surface area contributed by atoms with Gasteiger partial charge in [0.25, 0.3) is 10.9 Å². The van der Waals surface area contributed by atoms with Gasteiger partial charge in [0.15, 0.2) is 0 Å². The van der Waals surface area contributed by atoms with Crippen molar-refractivity contribution < 1.29 is 19.3 Å². The van der Waals surface area contributed by atoms with Crippen LogP contribution in [0.2, 0.25) is 0 Å². The number of nitro groups is 1. The molecular weight excluding hydrogens is 396 g/mol. The van der Waals surface area contributed by atoms with Gasteiger partial charge in [0.1, 0.15) is 5.25 Å². The molecule has 2 aromatic rings. The molecule has 1 aliphatic heterocycles. The van der Waals surface area contributed by atoms with Gasteiger partial charge >= 0.3 is 0 Å². The van der Waals surface area contributed by atoms with Crippen molar-refractivity contribution in [1.82, 2.24) is 4.90 Å². The van der Waals surface area contributed by atoms with Crippen LogP contribution in [0.1, 0.15) is 12.0 Å². The number of rotatable bonds is 7. The third-order valence-electron chi connectivity index (χ3n) is 4.23. The van der Waals surface area contributed by atoms with Crippen LogP contribution < -0.4 is 10.6 Å². The van der Waals surface area contributed by atoms with Gasteiger partial charge < -0.3 is 10.6 Å². The van der Waals surface area contributed by atoms with Crippen LogP contribution in [-0.2, 0) is 9.59 Å². The summed E-state index contributed by atoms with van der Waals surface area (Å²) in [6, 6.07) is 12.9. The fraction of sp³-hybridized carbons (Fsp3) is 0.211. The van der Waals surface area contributed by atoms with Gasteiger partial charge in [0, 0.05) is 29.9 Å². The molecule has 0 radical (unpaired) electrons. The van der Waals surface area contributed by atoms with Gasteiger partial charge in [-0.1, -0.05) is 29.5 Å². The summed E-state index contributed by atoms with van der Waals surface area (Å²) in [6.07, 6.45) is -0.114. The minimum atomic E-state index is -0.786. The molecule has 0 spiro atoms. The summed E-state index contributed by atoms with van der Waals surface area (Å²) in [5.41, 5.74) is 2.16. The van der Waals surface area contributed by atoms with Crippen LogP contribution in [-0.4, -0.2) is 38.8 Å². The molecule has 10 heteroatoms. The van der Waals surface area contributed by atoms with Crippen molar-refractivity contribution in [1.29, 1.82) is 0 Å². The van der Waals surface area contributed by atoms with E-state index in [1.807, 2.05) is 19.1 Å². The molecule has 1 unspecified atom stereocenters. The lowest BCUT2D eigenvalue weighted by Crippen LogP contribution is -2.36. The molecule has 1 fully saturated rings. The quantitative estimate of drug-likeness (QED) is 0.526. The Bertz CT molecular complexity index is 946. The van der Waals surface area contributed by atoms with Gasteiger partial charge in [0.2, 0.25) is 11.8 Å². The van der Waals surface area contributed by atoms with Gasteiger partial charge in [-0.3, -0.25) is 29.4 Å². The van der Waals surface area contributed by atoms with Crippen molar-refractivity contribution in [3.05, 3.63) is 64.2 Å². The number of non-ortho nitro benzene ring substituents is 1. The Morgan fingerprint density at radius 3 is 2.34 bits per heavy atom. The fourth-order valence-corrected chi connectivity index (χ4v) is 3.65. The van der Waals surface area contributed by atoms with E-state index in [1.54, 1.807) is 12.1 Å². The average molecular weight is 414 g/mol. The lowest BCUT2D eigenvalue weighted by Gasteiger charge is -2.15. The first-order chi connectivity index (χ1) is 13.8. The number of hydrogen-bond acceptors (Lipinski definition) is 7. The monoisotopic (exact) mass is 414 g/mol. The second kappa shape index (κ2) is 8.74. The zero-order valence-corrected chi connectivity index (χ0v) is 16.3. The smallest absolute Gasteiger partial charge is 0.290 e. The number of nitrogens with one attached hydrogen (secondary N) is 2. The van der Waals surface area contributed by atoms with E-state index in [-0.39, 0.29) is 24.7 Å². The van der Waals surface area contributed by atoms with Gasteiger partial charge in [-0.2, -0.15) is 0 Å². The number of anilines is 2. The number of amides is 3. The number of carbonyl (C=O) groups excluding carboxylic acids is 3. The summed E-state index contributed by atoms with van der Waals surface area (Å²) in [5, 5.41) is 15.0. The molecular formula is C19H18N4O5S. The van der Waals surface area contributed by atoms with Gasteiger partial charge in [0.05, 0.1) is 11.6 Å². The molecule has 29 heavy (non-hydrogen) atoms. The van der Waals surface area contributed by atoms with Crippen molar-refractivity contribution >= 4 is 45.9 Å². The fourth-order valence-electron chi connectivity index (χ4n) is 2.66. The van der Waals surface area contributed by atoms with E-state index in [9.17, 15) is 24.5 Å². The molecule has 1 heterocycles. The first-order valence-electron chi connectivity index (χ1n) is 8.70. The molecule has 0 saturated carbocycles. The highest BCUT2D eigenvalue weighted by Crippen LogP contribution is 2.29. The number of nitrogens with zero attached hydrogens (tertiary/aromatic N) is 2. The lowest BCUT2D eigenvalue weighted by atomic mass is 10.2. The van der Waals surface area contributed by atoms with Gasteiger partial charge in [-0.05, 0) is 31.2 Å². The molecule has 1 saturated heterocycles. The Kier molecular flexibility index (Phi) is 6.13. The summed E-state index contributed by atoms with van der Waals surface area (Å²) in [7, 11) is 0. The summed E-state index contributed by atoms with van der Waals surface area (Å²) < 4.78 is 0. The van der Waals surface area contributed by atoms with Crippen molar-refractivity contribution in [3.63, 3.8) is 0 Å². The SMILES string of the molecule is Cc1ccc(NC(=O)CC2SC(=O)N(CNc3ccc([N+](=O)[O-])cc3)C2=O)cc1. The highest BCUT2D eigenvalue weighted by Gasteiger charge is 2.40. The normalized spacial score (nSPS) is 16.0. The molecule has 0 bridgehead atoms. The number of thioether (sulfide) groups is 1. The molecule has 3 rings (SSSR count). The number of hydrogen-bond donors (Lipinski definition) is 2. The average Bonchev–Trinajstić information content (AvgIpc) is 2.95. The lowest BCUT2D eigenvalue weighted by molar-refractivity contribution is -0.384. The summed E-state index contributed by atoms with van der Waals surface area (Å²) in [5.74, 6) is -0.800. The first kappa shape index (κ1) is 20.3. The Hall–Kier alpha value is -3.40. The summed E-state index contributed by atoms with van der Waals surface area (Å²) >= 11 is 0.812. The maximum atomic E-state index is 12.5. The molecule has 0 aliphatic carbocycles. The standard InChI is InChI=1S/C19H18N4O5S/c1-12-2-4-14(5-3-12)21-17(24)10-16-18(25)22(19(26)29-16)11-20-13-6-8-15(9-7-13)23(27)28/h2-9,16,20H,10-11H2,1H3,(H,21,24). The largest absolute Gasteiger partial charge is 0.367 e. The van der Waals surface area contributed by atoms with Crippen molar-refractivity contribution in [2.75, 3.05) is 17.3 Å². The van der Waals surface area contributed by atoms with Crippen LogP contribution in [0.5, 0.6) is 0 Å². The highest BCUT2D eigenvalue weighted by atomic mass is 32.2. The maximum absolute atomic E-state index is 12.5. The molecule has 2 N–H and O–H groups in total. The van der Waals surface area contributed by atoms with Crippen molar-refractivity contribution in [2.24, 2.45) is 0 Å². The van der Waals surface area contributed by atoms with Gasteiger partial charge in [-0.25, -0.2) is 0 Å². The number of benzene rings is 2. The number of nitro benzene ring substituents is 1. The van der Waals surface area contributed by atoms with Crippen LogP contribution in [0.15, 0.2) is 48.5 Å². The highest BCUT2D eigenvalue weighted by molar-refractivity contribution is 8.15. The zero-order chi connectivity index (χ0) is 21.0. The number of aryl methyl sites for hydroxylation is 1. The Morgan fingerprint density at radius 2 is 1.72 bits per heavy atom. The first-order valence-corrected chi connectivity index (χ1v) is 9.58. The second-order valence-electron chi connectivity index (χ2n) is 6.40. The van der Waals surface area contributed by atoms with E-state index in [0.29, 0.717) is 11.4 Å². The van der Waals surface area contributed by atoms with Crippen LogP contribution in [0, 0.1) is 17.0 Å². The van der Waals surface area contributed by atoms with Crippen molar-refractivity contribution in [2.45, 2.75) is 18.6 Å². The van der Waals surface area contributed by atoms with E-state index >= 15 is 0 Å². The zero-order valence-electron chi connectivity index (χ0n) is 15.5. The van der Waals surface area contributed by atoms with E-state index < -0.39 is 21.3 Å². The summed E-state index contributed by atoms with van der Waals surface area (Å²) in [6.45, 7) is 1.85. The minimum Gasteiger partial charge on any atom is -0.367 e. The molecule has 3 amide bonds. The van der Waals surface area contributed by atoms with Gasteiger partial charge in [-0.15, -0.1) is 0 Å². The second-order valence-corrected chi connectivity index (χ2v) is 7.55. The van der Waals surface area contributed by atoms with E-state index in [4.69, 9.17) is 0 Å². The van der Waals surface area contributed by atoms with E-state index in [2.05, 4.69) is 10.6 Å². The number of imide groups is 1. The molecule has 150 valence electrons. The van der Waals surface area contributed by atoms with Crippen LogP contribution in [0.3, 0.4) is 0 Å². The predicted octanol–water partition coefficient (Wildman–Crippen LogP) is 3.37. The Balaban J connectivity index is 1.54. The minimum absolute atomic E-state index is 0.0564. The van der Waals surface area contributed by atoms with Crippen LogP contribution >= 0.6 is 11.8 Å². The summed E-state index contributed by atoms with van der Waals surface area (Å²) in [4.78, 5) is 48.0. The maximum Gasteiger partial charge on any atom is 0.290 e. The third-order valence-corrected chi connectivity index (χ3v) is 5.31. The Labute approximate surface area is 170 Å². The molecule has 1 aliphatic rings.